The van der Waals surface area contributed by atoms with Crippen LogP contribution in [-0.4, -0.2) is 41.9 Å². The monoisotopic (exact) mass is 460 g/mol. The third kappa shape index (κ3) is 4.95. The van der Waals surface area contributed by atoms with E-state index in [0.29, 0.717) is 30.2 Å². The first-order valence-electron chi connectivity index (χ1n) is 9.85. The summed E-state index contributed by atoms with van der Waals surface area (Å²) >= 11 is 5.88. The maximum atomic E-state index is 12.8. The van der Waals surface area contributed by atoms with E-state index in [0.717, 1.165) is 5.56 Å². The zero-order valence-electron chi connectivity index (χ0n) is 16.6. The van der Waals surface area contributed by atoms with Gasteiger partial charge in [-0.25, -0.2) is 8.42 Å². The number of hydrogen-bond donors (Lipinski definition) is 1. The Hall–Kier alpha value is -2.75. The highest BCUT2D eigenvalue weighted by molar-refractivity contribution is 7.89. The number of rotatable bonds is 6. The van der Waals surface area contributed by atoms with Gasteiger partial charge in [-0.3, -0.25) is 4.79 Å². The van der Waals surface area contributed by atoms with Crippen LogP contribution in [0.3, 0.4) is 0 Å². The smallest absolute Gasteiger partial charge is 0.246 e. The van der Waals surface area contributed by atoms with Gasteiger partial charge in [-0.05, 0) is 49.2 Å². The Balaban J connectivity index is 1.36. The average Bonchev–Trinajstić information content (AvgIpc) is 3.27. The van der Waals surface area contributed by atoms with Gasteiger partial charge in [-0.2, -0.15) is 9.29 Å². The van der Waals surface area contributed by atoms with Gasteiger partial charge in [-0.1, -0.05) is 35.0 Å². The third-order valence-corrected chi connectivity index (χ3v) is 7.25. The third-order valence-electron chi connectivity index (χ3n) is 5.12. The van der Waals surface area contributed by atoms with E-state index in [9.17, 15) is 13.2 Å². The first-order chi connectivity index (χ1) is 14.9. The fourth-order valence-corrected chi connectivity index (χ4v) is 5.14. The van der Waals surface area contributed by atoms with Crippen molar-refractivity contribution < 1.29 is 17.7 Å². The number of benzene rings is 2. The molecule has 0 spiro atoms. The fourth-order valence-electron chi connectivity index (χ4n) is 3.47. The molecule has 1 saturated heterocycles. The lowest BCUT2D eigenvalue weighted by Gasteiger charge is -2.31. The highest BCUT2D eigenvalue weighted by Gasteiger charge is 2.33. The lowest BCUT2D eigenvalue weighted by Crippen LogP contribution is -2.45. The minimum Gasteiger partial charge on any atom is -0.347 e. The van der Waals surface area contributed by atoms with E-state index in [1.165, 1.54) is 4.31 Å². The molecule has 8 nitrogen and oxygen atoms in total. The molecule has 1 unspecified atom stereocenters. The van der Waals surface area contributed by atoms with Gasteiger partial charge in [0, 0.05) is 23.7 Å². The zero-order valence-corrected chi connectivity index (χ0v) is 18.1. The first kappa shape index (κ1) is 21.5. The minimum atomic E-state index is -3.62. The van der Waals surface area contributed by atoms with Gasteiger partial charge in [0.15, 0.2) is 0 Å². The van der Waals surface area contributed by atoms with E-state index in [4.69, 9.17) is 16.1 Å². The highest BCUT2D eigenvalue weighted by Crippen LogP contribution is 2.24. The van der Waals surface area contributed by atoms with Crippen molar-refractivity contribution in [2.45, 2.75) is 24.3 Å². The van der Waals surface area contributed by atoms with Crippen molar-refractivity contribution in [2.75, 3.05) is 13.1 Å². The molecule has 1 N–H and O–H groups in total. The van der Waals surface area contributed by atoms with E-state index >= 15 is 0 Å². The number of nitrogens with one attached hydrogen (secondary N) is 1. The van der Waals surface area contributed by atoms with Crippen molar-refractivity contribution in [3.63, 3.8) is 0 Å². The van der Waals surface area contributed by atoms with Crippen molar-refractivity contribution in [1.82, 2.24) is 19.8 Å². The van der Waals surface area contributed by atoms with Gasteiger partial charge >= 0.3 is 0 Å². The van der Waals surface area contributed by atoms with Crippen molar-refractivity contribution in [2.24, 2.45) is 5.92 Å². The van der Waals surface area contributed by atoms with Crippen LogP contribution in [0.4, 0.5) is 0 Å². The number of sulfonamides is 1. The average molecular weight is 461 g/mol. The summed E-state index contributed by atoms with van der Waals surface area (Å²) in [6.45, 7) is 0.611. The van der Waals surface area contributed by atoms with Crippen molar-refractivity contribution in [3.05, 3.63) is 65.5 Å². The summed E-state index contributed by atoms with van der Waals surface area (Å²) in [5, 5.41) is 7.30. The lowest BCUT2D eigenvalue weighted by atomic mass is 9.99. The van der Waals surface area contributed by atoms with Gasteiger partial charge in [0.1, 0.15) is 0 Å². The van der Waals surface area contributed by atoms with Gasteiger partial charge in [0.2, 0.25) is 27.6 Å². The van der Waals surface area contributed by atoms with Gasteiger partial charge in [-0.15, -0.1) is 0 Å². The van der Waals surface area contributed by atoms with Crippen LogP contribution < -0.4 is 5.32 Å². The molecule has 0 saturated carbocycles. The van der Waals surface area contributed by atoms with Gasteiger partial charge in [0.25, 0.3) is 0 Å². The lowest BCUT2D eigenvalue weighted by molar-refractivity contribution is -0.126. The molecule has 0 radical (unpaired) electrons. The minimum absolute atomic E-state index is 0.0708. The second-order valence-corrected chi connectivity index (χ2v) is 9.63. The molecule has 1 fully saturated rings. The number of hydrogen-bond acceptors (Lipinski definition) is 6. The zero-order chi connectivity index (χ0) is 21.8. The van der Waals surface area contributed by atoms with Crippen LogP contribution in [0.15, 0.2) is 64.0 Å². The van der Waals surface area contributed by atoms with Crippen molar-refractivity contribution in [1.29, 1.82) is 0 Å². The Bertz CT molecular complexity index is 1150. The summed E-state index contributed by atoms with van der Waals surface area (Å²) in [6, 6.07) is 15.3. The van der Waals surface area contributed by atoms with Crippen LogP contribution in [0.1, 0.15) is 18.7 Å². The summed E-state index contributed by atoms with van der Waals surface area (Å²) < 4.78 is 32.3. The molecule has 2 heterocycles. The number of piperidine rings is 1. The molecule has 4 rings (SSSR count). The molecular weight excluding hydrogens is 440 g/mol. The molecule has 1 atom stereocenters. The number of aromatic nitrogens is 2. The number of carbonyl (C=O) groups is 1. The highest BCUT2D eigenvalue weighted by atomic mass is 35.5. The molecule has 0 bridgehead atoms. The molecule has 1 aromatic heterocycles. The predicted molar refractivity (Wildman–Crippen MR) is 115 cm³/mol. The normalized spacial score (nSPS) is 17.4. The Morgan fingerprint density at radius 1 is 1.16 bits per heavy atom. The number of halogens is 1. The number of amides is 1. The summed E-state index contributed by atoms with van der Waals surface area (Å²) in [4.78, 5) is 17.2. The quantitative estimate of drug-likeness (QED) is 0.606. The fraction of sp³-hybridized carbons (Fsp3) is 0.286. The van der Waals surface area contributed by atoms with Crippen LogP contribution in [-0.2, 0) is 21.4 Å². The molecule has 31 heavy (non-hydrogen) atoms. The predicted octanol–water partition coefficient (Wildman–Crippen LogP) is 3.11. The topological polar surface area (TPSA) is 105 Å². The van der Waals surface area contributed by atoms with Crippen LogP contribution in [0.25, 0.3) is 11.4 Å². The maximum absolute atomic E-state index is 12.8. The largest absolute Gasteiger partial charge is 0.347 e. The van der Waals surface area contributed by atoms with Crippen LogP contribution in [0, 0.1) is 5.92 Å². The van der Waals surface area contributed by atoms with Crippen LogP contribution in [0.2, 0.25) is 5.02 Å². The number of nitrogens with zero attached hydrogens (tertiary/aromatic N) is 3. The van der Waals surface area contributed by atoms with E-state index in [1.54, 1.807) is 54.6 Å². The molecule has 1 amide bonds. The molecular formula is C21H21ClN4O4S. The van der Waals surface area contributed by atoms with E-state index < -0.39 is 15.9 Å². The molecule has 1 aliphatic rings. The SMILES string of the molecule is O=C(NCc1nc(-c2ccc(Cl)cc2)no1)C1CCCN(S(=O)(=O)c2ccccc2)C1. The second kappa shape index (κ2) is 9.17. The first-order valence-corrected chi connectivity index (χ1v) is 11.7. The molecule has 162 valence electrons. The van der Waals surface area contributed by atoms with Crippen LogP contribution >= 0.6 is 11.6 Å². The van der Waals surface area contributed by atoms with E-state index in [-0.39, 0.29) is 29.8 Å². The summed E-state index contributed by atoms with van der Waals surface area (Å²) in [5.41, 5.74) is 0.750. The molecule has 3 aromatic rings. The summed E-state index contributed by atoms with van der Waals surface area (Å²) in [6.07, 6.45) is 1.23. The Kier molecular flexibility index (Phi) is 6.35. The maximum Gasteiger partial charge on any atom is 0.246 e. The second-order valence-electron chi connectivity index (χ2n) is 7.25. The van der Waals surface area contributed by atoms with E-state index in [1.807, 2.05) is 0 Å². The van der Waals surface area contributed by atoms with Gasteiger partial charge < -0.3 is 9.84 Å². The van der Waals surface area contributed by atoms with Crippen LogP contribution in [0.5, 0.6) is 0 Å². The molecule has 1 aliphatic heterocycles. The Labute approximate surface area is 185 Å². The molecule has 10 heteroatoms. The van der Waals surface area contributed by atoms with Gasteiger partial charge in [0.05, 0.1) is 17.4 Å². The Morgan fingerprint density at radius 3 is 2.65 bits per heavy atom. The number of carbonyl (C=O) groups excluding carboxylic acids is 1. The van der Waals surface area contributed by atoms with E-state index in [2.05, 4.69) is 15.5 Å². The summed E-state index contributed by atoms with van der Waals surface area (Å²) in [7, 11) is -3.62. The molecule has 2 aromatic carbocycles. The standard InChI is InChI=1S/C21H21ClN4O4S/c22-17-10-8-15(9-11-17)20-24-19(30-25-20)13-23-21(27)16-5-4-12-26(14-16)31(28,29)18-6-2-1-3-7-18/h1-3,6-11,16H,4-5,12-14H2,(H,23,27). The van der Waals surface area contributed by atoms with Crippen molar-refractivity contribution >= 4 is 27.5 Å². The summed E-state index contributed by atoms with van der Waals surface area (Å²) in [5.74, 6) is -0.00770. The van der Waals surface area contributed by atoms with Crippen molar-refractivity contribution in [3.8, 4) is 11.4 Å². The molecule has 0 aliphatic carbocycles. The Morgan fingerprint density at radius 2 is 1.90 bits per heavy atom.